The lowest BCUT2D eigenvalue weighted by Crippen LogP contribution is -2.48. The van der Waals surface area contributed by atoms with Crippen molar-refractivity contribution in [3.8, 4) is 0 Å². The molecule has 3 atom stereocenters. The van der Waals surface area contributed by atoms with Crippen LogP contribution in [0.15, 0.2) is 0 Å². The molecule has 0 radical (unpaired) electrons. The number of nitrogens with two attached hydrogens (primary N) is 1. The fourth-order valence-corrected chi connectivity index (χ4v) is 3.76. The molecule has 1 saturated carbocycles. The van der Waals surface area contributed by atoms with Crippen LogP contribution < -0.4 is 5.73 Å². The average Bonchev–Trinajstić information content (AvgIpc) is 2.41. The van der Waals surface area contributed by atoms with E-state index in [1.807, 2.05) is 0 Å². The zero-order chi connectivity index (χ0) is 15.8. The minimum atomic E-state index is 0.616. The molecular formula is C19H40N2. The van der Waals surface area contributed by atoms with Crippen molar-refractivity contribution >= 4 is 0 Å². The molecule has 0 bridgehead atoms. The van der Waals surface area contributed by atoms with Gasteiger partial charge in [0.15, 0.2) is 0 Å². The Hall–Kier alpha value is -0.0800. The standard InChI is InChI=1S/C19H40N2/c1-15(2)9-11-21(12-10-16(3)4)19(14-20)18-8-6-7-17(5)13-18/h15-19H,6-14,20H2,1-5H3. The first-order valence-electron chi connectivity index (χ1n) is 9.38. The lowest BCUT2D eigenvalue weighted by molar-refractivity contribution is 0.0983. The average molecular weight is 297 g/mol. The summed E-state index contributed by atoms with van der Waals surface area (Å²) in [6.45, 7) is 15.1. The van der Waals surface area contributed by atoms with Gasteiger partial charge in [0, 0.05) is 12.6 Å². The molecule has 0 saturated heterocycles. The maximum absolute atomic E-state index is 6.22. The molecule has 1 rings (SSSR count). The summed E-state index contributed by atoms with van der Waals surface area (Å²) in [6, 6.07) is 0.616. The number of rotatable bonds is 9. The largest absolute Gasteiger partial charge is 0.329 e. The van der Waals surface area contributed by atoms with E-state index in [0.29, 0.717) is 6.04 Å². The topological polar surface area (TPSA) is 29.3 Å². The quantitative estimate of drug-likeness (QED) is 0.677. The Morgan fingerprint density at radius 3 is 2.00 bits per heavy atom. The lowest BCUT2D eigenvalue weighted by Gasteiger charge is -2.40. The van der Waals surface area contributed by atoms with Crippen LogP contribution in [0, 0.1) is 23.7 Å². The molecule has 1 aliphatic rings. The van der Waals surface area contributed by atoms with Crippen LogP contribution in [0.1, 0.15) is 73.1 Å². The van der Waals surface area contributed by atoms with E-state index in [1.165, 1.54) is 51.6 Å². The van der Waals surface area contributed by atoms with Crippen LogP contribution in [0.4, 0.5) is 0 Å². The smallest absolute Gasteiger partial charge is 0.0246 e. The van der Waals surface area contributed by atoms with E-state index in [-0.39, 0.29) is 0 Å². The first-order valence-corrected chi connectivity index (χ1v) is 9.38. The van der Waals surface area contributed by atoms with Gasteiger partial charge in [-0.3, -0.25) is 4.90 Å². The van der Waals surface area contributed by atoms with Gasteiger partial charge in [-0.15, -0.1) is 0 Å². The zero-order valence-corrected chi connectivity index (χ0v) is 15.3. The molecule has 21 heavy (non-hydrogen) atoms. The molecule has 1 aliphatic carbocycles. The minimum absolute atomic E-state index is 0.616. The zero-order valence-electron chi connectivity index (χ0n) is 15.3. The fourth-order valence-electron chi connectivity index (χ4n) is 3.76. The Morgan fingerprint density at radius 1 is 1.00 bits per heavy atom. The predicted octanol–water partition coefficient (Wildman–Crippen LogP) is 4.53. The lowest BCUT2D eigenvalue weighted by atomic mass is 9.78. The van der Waals surface area contributed by atoms with Crippen LogP contribution in [-0.2, 0) is 0 Å². The van der Waals surface area contributed by atoms with E-state index >= 15 is 0 Å². The minimum Gasteiger partial charge on any atom is -0.329 e. The molecule has 0 heterocycles. The number of hydrogen-bond acceptors (Lipinski definition) is 2. The molecule has 0 spiro atoms. The summed E-state index contributed by atoms with van der Waals surface area (Å²) in [6.07, 6.45) is 8.22. The predicted molar refractivity (Wildman–Crippen MR) is 94.4 cm³/mol. The van der Waals surface area contributed by atoms with Gasteiger partial charge in [-0.2, -0.15) is 0 Å². The van der Waals surface area contributed by atoms with Gasteiger partial charge < -0.3 is 5.73 Å². The molecule has 1 fully saturated rings. The summed E-state index contributed by atoms with van der Waals surface area (Å²) < 4.78 is 0. The molecule has 2 heteroatoms. The van der Waals surface area contributed by atoms with Gasteiger partial charge in [0.1, 0.15) is 0 Å². The van der Waals surface area contributed by atoms with Crippen molar-refractivity contribution in [3.63, 3.8) is 0 Å². The highest BCUT2D eigenvalue weighted by Crippen LogP contribution is 2.32. The van der Waals surface area contributed by atoms with Gasteiger partial charge in [0.05, 0.1) is 0 Å². The van der Waals surface area contributed by atoms with Crippen molar-refractivity contribution in [1.82, 2.24) is 4.90 Å². The third kappa shape index (κ3) is 7.15. The van der Waals surface area contributed by atoms with Crippen molar-refractivity contribution < 1.29 is 0 Å². The third-order valence-electron chi connectivity index (χ3n) is 5.22. The van der Waals surface area contributed by atoms with Crippen molar-refractivity contribution in [3.05, 3.63) is 0 Å². The second-order valence-electron chi connectivity index (χ2n) is 8.24. The monoisotopic (exact) mass is 296 g/mol. The fraction of sp³-hybridized carbons (Fsp3) is 1.00. The summed E-state index contributed by atoms with van der Waals surface area (Å²) in [5, 5.41) is 0. The molecule has 0 aromatic heterocycles. The van der Waals surface area contributed by atoms with E-state index in [9.17, 15) is 0 Å². The summed E-state index contributed by atoms with van der Waals surface area (Å²) in [5.74, 6) is 3.30. The molecular weight excluding hydrogens is 256 g/mol. The molecule has 0 aromatic rings. The number of hydrogen-bond donors (Lipinski definition) is 1. The molecule has 0 aromatic carbocycles. The highest BCUT2D eigenvalue weighted by molar-refractivity contribution is 4.84. The third-order valence-corrected chi connectivity index (χ3v) is 5.22. The molecule has 126 valence electrons. The van der Waals surface area contributed by atoms with Crippen molar-refractivity contribution in [2.75, 3.05) is 19.6 Å². The summed E-state index contributed by atoms with van der Waals surface area (Å²) in [5.41, 5.74) is 6.22. The van der Waals surface area contributed by atoms with Crippen LogP contribution >= 0.6 is 0 Å². The van der Waals surface area contributed by atoms with Crippen molar-refractivity contribution in [2.45, 2.75) is 79.2 Å². The van der Waals surface area contributed by atoms with Gasteiger partial charge >= 0.3 is 0 Å². The van der Waals surface area contributed by atoms with E-state index in [1.54, 1.807) is 0 Å². The summed E-state index contributed by atoms with van der Waals surface area (Å²) in [4.78, 5) is 2.74. The van der Waals surface area contributed by atoms with E-state index in [2.05, 4.69) is 39.5 Å². The number of nitrogens with zero attached hydrogens (tertiary/aromatic N) is 1. The Bertz CT molecular complexity index is 250. The molecule has 0 amide bonds. The van der Waals surface area contributed by atoms with Gasteiger partial charge in [0.25, 0.3) is 0 Å². The second kappa shape index (κ2) is 9.84. The summed E-state index contributed by atoms with van der Waals surface area (Å²) in [7, 11) is 0. The van der Waals surface area contributed by atoms with Crippen LogP contribution in [0.25, 0.3) is 0 Å². The highest BCUT2D eigenvalue weighted by atomic mass is 15.2. The van der Waals surface area contributed by atoms with Gasteiger partial charge in [-0.1, -0.05) is 47.5 Å². The molecule has 3 unspecified atom stereocenters. The molecule has 2 N–H and O–H groups in total. The van der Waals surface area contributed by atoms with Crippen LogP contribution in [-0.4, -0.2) is 30.6 Å². The second-order valence-corrected chi connectivity index (χ2v) is 8.24. The Balaban J connectivity index is 2.65. The highest BCUT2D eigenvalue weighted by Gasteiger charge is 2.29. The molecule has 0 aliphatic heterocycles. The van der Waals surface area contributed by atoms with E-state index < -0.39 is 0 Å². The Morgan fingerprint density at radius 2 is 1.57 bits per heavy atom. The van der Waals surface area contributed by atoms with Gasteiger partial charge in [-0.05, 0) is 62.4 Å². The Labute approximate surface area is 133 Å². The van der Waals surface area contributed by atoms with Crippen LogP contribution in [0.5, 0.6) is 0 Å². The summed E-state index contributed by atoms with van der Waals surface area (Å²) >= 11 is 0. The van der Waals surface area contributed by atoms with Crippen LogP contribution in [0.3, 0.4) is 0 Å². The normalized spacial score (nSPS) is 25.0. The maximum Gasteiger partial charge on any atom is 0.0246 e. The Kier molecular flexibility index (Phi) is 8.89. The van der Waals surface area contributed by atoms with Gasteiger partial charge in [-0.25, -0.2) is 0 Å². The van der Waals surface area contributed by atoms with Crippen molar-refractivity contribution in [2.24, 2.45) is 29.4 Å². The van der Waals surface area contributed by atoms with Crippen LogP contribution in [0.2, 0.25) is 0 Å². The van der Waals surface area contributed by atoms with Crippen molar-refractivity contribution in [1.29, 1.82) is 0 Å². The van der Waals surface area contributed by atoms with Gasteiger partial charge in [0.2, 0.25) is 0 Å². The van der Waals surface area contributed by atoms with E-state index in [4.69, 9.17) is 5.73 Å². The SMILES string of the molecule is CC(C)CCN(CCC(C)C)C(CN)C1CCCC(C)C1. The first kappa shape index (κ1) is 19.0. The molecule has 2 nitrogen and oxygen atoms in total. The maximum atomic E-state index is 6.22. The van der Waals surface area contributed by atoms with E-state index in [0.717, 1.165) is 30.2 Å². The first-order chi connectivity index (χ1) is 9.93.